The number of hydrogen-bond acceptors (Lipinski definition) is 4. The fraction of sp³-hybridized carbons (Fsp3) is 0.231. The van der Waals surface area contributed by atoms with E-state index in [2.05, 4.69) is 5.16 Å². The number of aryl methyl sites for hydroxylation is 1. The van der Waals surface area contributed by atoms with E-state index in [9.17, 15) is 4.79 Å². The van der Waals surface area contributed by atoms with Crippen LogP contribution in [0, 0.1) is 13.8 Å². The molecule has 0 radical (unpaired) electrons. The third kappa shape index (κ3) is 2.07. The Labute approximate surface area is 104 Å². The molecule has 0 fully saturated rings. The Bertz CT molecular complexity index is 601. The van der Waals surface area contributed by atoms with Crippen LogP contribution in [0.1, 0.15) is 21.7 Å². The van der Waals surface area contributed by atoms with Gasteiger partial charge in [-0.1, -0.05) is 5.16 Å². The van der Waals surface area contributed by atoms with Crippen molar-refractivity contribution in [1.82, 2.24) is 5.16 Å². The first-order chi connectivity index (χ1) is 8.52. The second-order valence-electron chi connectivity index (χ2n) is 4.00. The van der Waals surface area contributed by atoms with E-state index in [0.717, 1.165) is 22.4 Å². The van der Waals surface area contributed by atoms with Gasteiger partial charge < -0.3 is 14.4 Å². The molecular weight excluding hydrogens is 234 g/mol. The van der Waals surface area contributed by atoms with Crippen LogP contribution in [0.3, 0.4) is 0 Å². The molecule has 2 rings (SSSR count). The summed E-state index contributed by atoms with van der Waals surface area (Å²) < 4.78 is 10.0. The first kappa shape index (κ1) is 12.2. The summed E-state index contributed by atoms with van der Waals surface area (Å²) in [4.78, 5) is 10.7. The summed E-state index contributed by atoms with van der Waals surface area (Å²) in [5.74, 6) is -0.573. The summed E-state index contributed by atoms with van der Waals surface area (Å²) in [6, 6.07) is 5.12. The lowest BCUT2D eigenvalue weighted by Crippen LogP contribution is -1.92. The number of aromatic carboxylic acids is 1. The molecule has 5 nitrogen and oxygen atoms in total. The lowest BCUT2D eigenvalue weighted by molar-refractivity contribution is 0.0652. The van der Waals surface area contributed by atoms with Crippen LogP contribution in [-0.2, 0) is 0 Å². The Balaban J connectivity index is 2.50. The molecule has 1 aromatic heterocycles. The zero-order valence-electron chi connectivity index (χ0n) is 10.4. The molecule has 0 spiro atoms. The van der Waals surface area contributed by atoms with Crippen LogP contribution in [0.15, 0.2) is 22.7 Å². The van der Waals surface area contributed by atoms with Gasteiger partial charge >= 0.3 is 5.97 Å². The SMILES string of the molecule is COc1cc(-c2cc(C(=O)O)on2)cc(C)c1C. The van der Waals surface area contributed by atoms with Crippen molar-refractivity contribution in [2.45, 2.75) is 13.8 Å². The molecule has 0 amide bonds. The Morgan fingerprint density at radius 3 is 2.61 bits per heavy atom. The topological polar surface area (TPSA) is 72.6 Å². The average molecular weight is 247 g/mol. The molecule has 94 valence electrons. The third-order valence-electron chi connectivity index (χ3n) is 2.86. The summed E-state index contributed by atoms with van der Waals surface area (Å²) in [6.45, 7) is 3.92. The Morgan fingerprint density at radius 2 is 2.06 bits per heavy atom. The van der Waals surface area contributed by atoms with Gasteiger partial charge in [-0.05, 0) is 37.1 Å². The molecule has 1 aromatic carbocycles. The van der Waals surface area contributed by atoms with Crippen LogP contribution >= 0.6 is 0 Å². The smallest absolute Gasteiger partial charge is 0.374 e. The number of carboxylic acids is 1. The van der Waals surface area contributed by atoms with E-state index in [-0.39, 0.29) is 5.76 Å². The van der Waals surface area contributed by atoms with Crippen molar-refractivity contribution in [2.24, 2.45) is 0 Å². The van der Waals surface area contributed by atoms with E-state index in [1.165, 1.54) is 6.07 Å². The minimum absolute atomic E-state index is 0.179. The molecule has 0 atom stereocenters. The number of methoxy groups -OCH3 is 1. The zero-order valence-corrected chi connectivity index (χ0v) is 10.4. The minimum atomic E-state index is -1.13. The fourth-order valence-electron chi connectivity index (χ4n) is 1.70. The van der Waals surface area contributed by atoms with E-state index in [4.69, 9.17) is 14.4 Å². The van der Waals surface area contributed by atoms with Crippen LogP contribution in [-0.4, -0.2) is 23.3 Å². The highest BCUT2D eigenvalue weighted by Gasteiger charge is 2.14. The maximum absolute atomic E-state index is 10.7. The predicted molar refractivity (Wildman–Crippen MR) is 64.9 cm³/mol. The Morgan fingerprint density at radius 1 is 1.33 bits per heavy atom. The molecule has 0 aliphatic heterocycles. The van der Waals surface area contributed by atoms with Crippen LogP contribution in [0.25, 0.3) is 11.3 Å². The van der Waals surface area contributed by atoms with Gasteiger partial charge in [0.1, 0.15) is 11.4 Å². The number of benzene rings is 1. The van der Waals surface area contributed by atoms with E-state index in [1.807, 2.05) is 26.0 Å². The van der Waals surface area contributed by atoms with Gasteiger partial charge in [-0.25, -0.2) is 4.79 Å². The van der Waals surface area contributed by atoms with Gasteiger partial charge in [-0.3, -0.25) is 0 Å². The van der Waals surface area contributed by atoms with Gasteiger partial charge in [0, 0.05) is 11.6 Å². The summed E-state index contributed by atoms with van der Waals surface area (Å²) in [7, 11) is 1.59. The van der Waals surface area contributed by atoms with Crippen LogP contribution in [0.5, 0.6) is 5.75 Å². The van der Waals surface area contributed by atoms with Gasteiger partial charge in [0.25, 0.3) is 0 Å². The van der Waals surface area contributed by atoms with Crippen molar-refractivity contribution >= 4 is 5.97 Å². The first-order valence-electron chi connectivity index (χ1n) is 5.38. The van der Waals surface area contributed by atoms with Crippen molar-refractivity contribution in [2.75, 3.05) is 7.11 Å². The van der Waals surface area contributed by atoms with Gasteiger partial charge in [0.05, 0.1) is 7.11 Å². The van der Waals surface area contributed by atoms with E-state index in [1.54, 1.807) is 7.11 Å². The van der Waals surface area contributed by atoms with Crippen molar-refractivity contribution in [3.05, 3.63) is 35.1 Å². The van der Waals surface area contributed by atoms with Gasteiger partial charge in [-0.15, -0.1) is 0 Å². The zero-order chi connectivity index (χ0) is 13.3. The number of aromatic nitrogens is 1. The highest BCUT2D eigenvalue weighted by Crippen LogP contribution is 2.29. The van der Waals surface area contributed by atoms with Crippen molar-refractivity contribution < 1.29 is 19.2 Å². The maximum atomic E-state index is 10.7. The fourth-order valence-corrected chi connectivity index (χ4v) is 1.70. The normalized spacial score (nSPS) is 10.4. The number of ether oxygens (including phenoxy) is 1. The third-order valence-corrected chi connectivity index (χ3v) is 2.86. The van der Waals surface area contributed by atoms with Crippen molar-refractivity contribution in [3.8, 4) is 17.0 Å². The highest BCUT2D eigenvalue weighted by atomic mass is 16.5. The predicted octanol–water partition coefficient (Wildman–Crippen LogP) is 2.67. The lowest BCUT2D eigenvalue weighted by atomic mass is 10.0. The number of rotatable bonds is 3. The van der Waals surface area contributed by atoms with E-state index < -0.39 is 5.97 Å². The summed E-state index contributed by atoms with van der Waals surface area (Å²) >= 11 is 0. The Hall–Kier alpha value is -2.30. The van der Waals surface area contributed by atoms with Crippen molar-refractivity contribution in [3.63, 3.8) is 0 Å². The molecular formula is C13H13NO4. The molecule has 0 saturated carbocycles. The molecule has 5 heteroatoms. The molecule has 1 N–H and O–H groups in total. The molecule has 18 heavy (non-hydrogen) atoms. The monoisotopic (exact) mass is 247 g/mol. The number of nitrogens with zero attached hydrogens (tertiary/aromatic N) is 1. The molecule has 0 unspecified atom stereocenters. The minimum Gasteiger partial charge on any atom is -0.496 e. The van der Waals surface area contributed by atoms with Gasteiger partial charge in [-0.2, -0.15) is 0 Å². The van der Waals surface area contributed by atoms with Crippen LogP contribution in [0.4, 0.5) is 0 Å². The van der Waals surface area contributed by atoms with E-state index >= 15 is 0 Å². The molecule has 0 saturated heterocycles. The number of carboxylic acid groups (broad SMARTS) is 1. The molecule has 0 aliphatic carbocycles. The molecule has 1 heterocycles. The molecule has 2 aromatic rings. The largest absolute Gasteiger partial charge is 0.496 e. The van der Waals surface area contributed by atoms with E-state index in [0.29, 0.717) is 5.69 Å². The summed E-state index contributed by atoms with van der Waals surface area (Å²) in [5.41, 5.74) is 3.34. The number of hydrogen-bond donors (Lipinski definition) is 1. The second-order valence-corrected chi connectivity index (χ2v) is 4.00. The quantitative estimate of drug-likeness (QED) is 0.902. The first-order valence-corrected chi connectivity index (χ1v) is 5.38. The Kier molecular flexibility index (Phi) is 3.06. The molecule has 0 bridgehead atoms. The summed E-state index contributed by atoms with van der Waals surface area (Å²) in [6.07, 6.45) is 0. The van der Waals surface area contributed by atoms with Crippen molar-refractivity contribution in [1.29, 1.82) is 0 Å². The number of carbonyl (C=O) groups is 1. The second kappa shape index (κ2) is 4.52. The van der Waals surface area contributed by atoms with Gasteiger partial charge in [0.2, 0.25) is 5.76 Å². The van der Waals surface area contributed by atoms with Crippen LogP contribution in [0.2, 0.25) is 0 Å². The maximum Gasteiger partial charge on any atom is 0.374 e. The average Bonchev–Trinajstić information content (AvgIpc) is 2.82. The molecule has 0 aliphatic rings. The lowest BCUT2D eigenvalue weighted by Gasteiger charge is -2.09. The standard InChI is InChI=1S/C13H13NO4/c1-7-4-9(5-11(17-3)8(7)2)10-6-12(13(15)16)18-14-10/h4-6H,1-3H3,(H,15,16). The highest BCUT2D eigenvalue weighted by molar-refractivity contribution is 5.85. The van der Waals surface area contributed by atoms with Gasteiger partial charge in [0.15, 0.2) is 0 Å². The van der Waals surface area contributed by atoms with Crippen LogP contribution < -0.4 is 4.74 Å². The summed E-state index contributed by atoms with van der Waals surface area (Å²) in [5, 5.41) is 12.5.